The molecule has 0 spiro atoms. The lowest BCUT2D eigenvalue weighted by atomic mass is 10.2. The number of phenols is 1. The number of carbonyl (C=O) groups is 1. The van der Waals surface area contributed by atoms with Crippen molar-refractivity contribution in [3.8, 4) is 5.75 Å². The molecule has 0 radical (unpaired) electrons. The highest BCUT2D eigenvalue weighted by Crippen LogP contribution is 2.31. The van der Waals surface area contributed by atoms with Crippen LogP contribution >= 0.6 is 15.9 Å². The Bertz CT molecular complexity index is 520. The number of carbonyl (C=O) groups excluding carboxylic acids is 1. The molecule has 1 fully saturated rings. The van der Waals surface area contributed by atoms with E-state index in [0.717, 1.165) is 10.2 Å². The number of halogens is 1. The van der Waals surface area contributed by atoms with Crippen LogP contribution in [0.3, 0.4) is 0 Å². The summed E-state index contributed by atoms with van der Waals surface area (Å²) in [6, 6.07) is 5.36. The van der Waals surface area contributed by atoms with Gasteiger partial charge in [-0.25, -0.2) is 4.79 Å². The highest BCUT2D eigenvalue weighted by atomic mass is 79.9. The van der Waals surface area contributed by atoms with Gasteiger partial charge in [-0.3, -0.25) is 0 Å². The Kier molecular flexibility index (Phi) is 4.66. The van der Waals surface area contributed by atoms with Crippen LogP contribution in [0.4, 0.5) is 10.5 Å². The average molecular weight is 357 g/mol. The number of rotatable bonds is 1. The molecule has 0 saturated carbocycles. The molecule has 5 nitrogen and oxygen atoms in total. The molecular weight excluding hydrogens is 336 g/mol. The standard InChI is InChI=1S/C15H21BrN2O3/c1-15(2,3)21-14(20)18-8-6-17(7-9-18)12-10-11(16)4-5-13(12)19/h4-5,10,19H,6-9H2,1-3H3. The Labute approximate surface area is 133 Å². The fourth-order valence-corrected chi connectivity index (χ4v) is 2.56. The van der Waals surface area contributed by atoms with E-state index in [0.29, 0.717) is 26.2 Å². The maximum absolute atomic E-state index is 12.0. The number of anilines is 1. The molecule has 1 aliphatic rings. The van der Waals surface area contributed by atoms with Crippen LogP contribution < -0.4 is 4.90 Å². The van der Waals surface area contributed by atoms with Gasteiger partial charge in [-0.2, -0.15) is 0 Å². The van der Waals surface area contributed by atoms with Crippen LogP contribution in [-0.4, -0.2) is 47.9 Å². The van der Waals surface area contributed by atoms with E-state index >= 15 is 0 Å². The van der Waals surface area contributed by atoms with Gasteiger partial charge in [0.15, 0.2) is 0 Å². The van der Waals surface area contributed by atoms with Gasteiger partial charge in [-0.15, -0.1) is 0 Å². The summed E-state index contributed by atoms with van der Waals surface area (Å²) in [5, 5.41) is 9.95. The monoisotopic (exact) mass is 356 g/mol. The molecule has 1 aliphatic heterocycles. The third-order valence-corrected chi connectivity index (χ3v) is 3.70. The van der Waals surface area contributed by atoms with Crippen molar-refractivity contribution in [3.63, 3.8) is 0 Å². The number of hydrogen-bond donors (Lipinski definition) is 1. The molecule has 21 heavy (non-hydrogen) atoms. The minimum atomic E-state index is -0.475. The summed E-state index contributed by atoms with van der Waals surface area (Å²) in [6.07, 6.45) is -0.277. The lowest BCUT2D eigenvalue weighted by molar-refractivity contribution is 0.0240. The van der Waals surface area contributed by atoms with Crippen molar-refractivity contribution < 1.29 is 14.6 Å². The fraction of sp³-hybridized carbons (Fsp3) is 0.533. The molecule has 0 aromatic heterocycles. The van der Waals surface area contributed by atoms with Crippen molar-refractivity contribution >= 4 is 27.7 Å². The topological polar surface area (TPSA) is 53.0 Å². The minimum absolute atomic E-state index is 0.254. The van der Waals surface area contributed by atoms with E-state index in [-0.39, 0.29) is 11.8 Å². The maximum atomic E-state index is 12.0. The Morgan fingerprint density at radius 3 is 2.43 bits per heavy atom. The molecule has 0 bridgehead atoms. The number of benzene rings is 1. The number of hydrogen-bond acceptors (Lipinski definition) is 4. The van der Waals surface area contributed by atoms with E-state index in [1.807, 2.05) is 26.8 Å². The van der Waals surface area contributed by atoms with Gasteiger partial charge in [0.05, 0.1) is 5.69 Å². The summed E-state index contributed by atoms with van der Waals surface area (Å²) < 4.78 is 6.29. The fourth-order valence-electron chi connectivity index (χ4n) is 2.21. The molecule has 0 unspecified atom stereocenters. The summed E-state index contributed by atoms with van der Waals surface area (Å²) in [5.41, 5.74) is 0.310. The molecule has 2 rings (SSSR count). The Morgan fingerprint density at radius 1 is 1.24 bits per heavy atom. The zero-order valence-corrected chi connectivity index (χ0v) is 14.2. The number of nitrogens with zero attached hydrogens (tertiary/aromatic N) is 2. The first-order valence-electron chi connectivity index (χ1n) is 6.98. The highest BCUT2D eigenvalue weighted by Gasteiger charge is 2.26. The molecule has 1 saturated heterocycles. The van der Waals surface area contributed by atoms with Crippen molar-refractivity contribution in [1.82, 2.24) is 4.90 Å². The van der Waals surface area contributed by atoms with Gasteiger partial charge in [-0.1, -0.05) is 15.9 Å². The second kappa shape index (κ2) is 6.13. The quantitative estimate of drug-likeness (QED) is 0.839. The number of phenolic OH excluding ortho intramolecular Hbond substituents is 1. The van der Waals surface area contributed by atoms with Gasteiger partial charge in [-0.05, 0) is 39.0 Å². The molecule has 1 N–H and O–H groups in total. The molecule has 0 aliphatic carbocycles. The molecule has 6 heteroatoms. The predicted molar refractivity (Wildman–Crippen MR) is 85.8 cm³/mol. The van der Waals surface area contributed by atoms with Crippen molar-refractivity contribution in [2.24, 2.45) is 0 Å². The maximum Gasteiger partial charge on any atom is 0.410 e. The Hall–Kier alpha value is -1.43. The second-order valence-electron chi connectivity index (χ2n) is 6.09. The first-order valence-corrected chi connectivity index (χ1v) is 7.77. The summed E-state index contributed by atoms with van der Waals surface area (Å²) in [6.45, 7) is 8.09. The third kappa shape index (κ3) is 4.27. The molecule has 1 amide bonds. The van der Waals surface area contributed by atoms with Crippen LogP contribution in [0.25, 0.3) is 0 Å². The molecule has 1 aromatic carbocycles. The van der Waals surface area contributed by atoms with Crippen LogP contribution in [-0.2, 0) is 4.74 Å². The van der Waals surface area contributed by atoms with Gasteiger partial charge in [0.25, 0.3) is 0 Å². The zero-order valence-electron chi connectivity index (χ0n) is 12.6. The van der Waals surface area contributed by atoms with Gasteiger partial charge in [0, 0.05) is 30.7 Å². The normalized spacial score (nSPS) is 16.0. The lowest BCUT2D eigenvalue weighted by Gasteiger charge is -2.37. The summed E-state index contributed by atoms with van der Waals surface area (Å²) in [4.78, 5) is 15.8. The van der Waals surface area contributed by atoms with Crippen molar-refractivity contribution in [1.29, 1.82) is 0 Å². The number of aromatic hydroxyl groups is 1. The minimum Gasteiger partial charge on any atom is -0.506 e. The van der Waals surface area contributed by atoms with Crippen LogP contribution in [0.15, 0.2) is 22.7 Å². The molecule has 1 heterocycles. The molecular formula is C15H21BrN2O3. The van der Waals surface area contributed by atoms with E-state index in [1.54, 1.807) is 17.0 Å². The largest absolute Gasteiger partial charge is 0.506 e. The predicted octanol–water partition coefficient (Wildman–Crippen LogP) is 3.21. The van der Waals surface area contributed by atoms with Crippen molar-refractivity contribution in [2.45, 2.75) is 26.4 Å². The van der Waals surface area contributed by atoms with E-state index in [1.165, 1.54) is 0 Å². The van der Waals surface area contributed by atoms with E-state index < -0.39 is 5.60 Å². The van der Waals surface area contributed by atoms with Gasteiger partial charge < -0.3 is 19.6 Å². The van der Waals surface area contributed by atoms with E-state index in [9.17, 15) is 9.90 Å². The van der Waals surface area contributed by atoms with Gasteiger partial charge in [0.2, 0.25) is 0 Å². The second-order valence-corrected chi connectivity index (χ2v) is 7.00. The third-order valence-electron chi connectivity index (χ3n) is 3.21. The first kappa shape index (κ1) is 15.9. The van der Waals surface area contributed by atoms with Gasteiger partial charge >= 0.3 is 6.09 Å². The van der Waals surface area contributed by atoms with Gasteiger partial charge in [0.1, 0.15) is 11.4 Å². The molecule has 0 atom stereocenters. The molecule has 116 valence electrons. The average Bonchev–Trinajstić information content (AvgIpc) is 2.40. The SMILES string of the molecule is CC(C)(C)OC(=O)N1CCN(c2cc(Br)ccc2O)CC1. The van der Waals surface area contributed by atoms with Crippen molar-refractivity contribution in [2.75, 3.05) is 31.1 Å². The number of amides is 1. The first-order chi connectivity index (χ1) is 9.76. The smallest absolute Gasteiger partial charge is 0.410 e. The summed E-state index contributed by atoms with van der Waals surface area (Å²) >= 11 is 3.41. The van der Waals surface area contributed by atoms with Crippen LogP contribution in [0.5, 0.6) is 5.75 Å². The zero-order chi connectivity index (χ0) is 15.6. The lowest BCUT2D eigenvalue weighted by Crippen LogP contribution is -2.50. The Balaban J connectivity index is 1.97. The number of piperazine rings is 1. The summed E-state index contributed by atoms with van der Waals surface area (Å²) in [7, 11) is 0. The van der Waals surface area contributed by atoms with Crippen LogP contribution in [0, 0.1) is 0 Å². The summed E-state index contributed by atoms with van der Waals surface area (Å²) in [5.74, 6) is 0.254. The van der Waals surface area contributed by atoms with E-state index in [2.05, 4.69) is 20.8 Å². The van der Waals surface area contributed by atoms with Crippen molar-refractivity contribution in [3.05, 3.63) is 22.7 Å². The molecule has 1 aromatic rings. The highest BCUT2D eigenvalue weighted by molar-refractivity contribution is 9.10. The van der Waals surface area contributed by atoms with E-state index in [4.69, 9.17) is 4.74 Å². The number of ether oxygens (including phenoxy) is 1. The Morgan fingerprint density at radius 2 is 1.86 bits per heavy atom. The van der Waals surface area contributed by atoms with Crippen LogP contribution in [0.2, 0.25) is 0 Å². The van der Waals surface area contributed by atoms with Crippen LogP contribution in [0.1, 0.15) is 20.8 Å².